The zero-order valence-corrected chi connectivity index (χ0v) is 14.9. The van der Waals surface area contributed by atoms with Crippen LogP contribution in [0.2, 0.25) is 0 Å². The number of carbonyl (C=O) groups is 2. The molecule has 112 valence electrons. The second kappa shape index (κ2) is 6.56. The van der Waals surface area contributed by atoms with Crippen molar-refractivity contribution in [2.75, 3.05) is 0 Å². The summed E-state index contributed by atoms with van der Waals surface area (Å²) < 4.78 is 11.4. The molecule has 4 nitrogen and oxygen atoms in total. The first-order valence-corrected chi connectivity index (χ1v) is 9.14. The van der Waals surface area contributed by atoms with Crippen molar-refractivity contribution in [2.45, 2.75) is 47.0 Å². The molecule has 1 aromatic carbocycles. The Balaban J connectivity index is 3.23. The van der Waals surface area contributed by atoms with Gasteiger partial charge in [0.15, 0.2) is 0 Å². The van der Waals surface area contributed by atoms with E-state index in [-0.39, 0.29) is 5.41 Å². The summed E-state index contributed by atoms with van der Waals surface area (Å²) in [6.45, 7) is 10.9. The fourth-order valence-corrected chi connectivity index (χ4v) is 4.68. The average molecular weight is 392 g/mol. The Hall–Kier alpha value is -1.11. The second-order valence-electron chi connectivity index (χ2n) is 5.57. The van der Waals surface area contributed by atoms with E-state index in [2.05, 4.69) is 26.8 Å². The van der Waals surface area contributed by atoms with Crippen molar-refractivity contribution in [1.82, 2.24) is 0 Å². The van der Waals surface area contributed by atoms with Gasteiger partial charge in [0.1, 0.15) is 0 Å². The Morgan fingerprint density at radius 3 is 1.95 bits per heavy atom. The Bertz CT molecular complexity index is 501. The van der Waals surface area contributed by atoms with E-state index in [0.717, 1.165) is 14.7 Å². The van der Waals surface area contributed by atoms with Crippen LogP contribution in [0.5, 0.6) is 0 Å². The van der Waals surface area contributed by atoms with Gasteiger partial charge in [-0.2, -0.15) is 0 Å². The van der Waals surface area contributed by atoms with Crippen molar-refractivity contribution < 1.29 is 15.7 Å². The number of hydrogen-bond donors (Lipinski definition) is 0. The predicted molar refractivity (Wildman–Crippen MR) is 86.1 cm³/mol. The molecular formula is C15H21IO4. The summed E-state index contributed by atoms with van der Waals surface area (Å²) in [5.41, 5.74) is 2.09. The summed E-state index contributed by atoms with van der Waals surface area (Å²) in [5, 5.41) is 0. The maximum absolute atomic E-state index is 11.2. The van der Waals surface area contributed by atoms with E-state index in [1.54, 1.807) is 0 Å². The first kappa shape index (κ1) is 16.9. The molecule has 0 saturated carbocycles. The van der Waals surface area contributed by atoms with Crippen LogP contribution in [0.25, 0.3) is 0 Å². The van der Waals surface area contributed by atoms with E-state index in [9.17, 15) is 9.59 Å². The number of benzene rings is 1. The van der Waals surface area contributed by atoms with Crippen LogP contribution in [0, 0.1) is 10.5 Å². The molecule has 1 rings (SSSR count). The molecule has 0 saturated heterocycles. The van der Waals surface area contributed by atoms with Crippen LogP contribution in [-0.2, 0) is 21.1 Å². The second-order valence-corrected chi connectivity index (χ2v) is 8.85. The molecule has 0 bridgehead atoms. The molecule has 0 heterocycles. The molecule has 5 heteroatoms. The van der Waals surface area contributed by atoms with Crippen molar-refractivity contribution in [3.05, 3.63) is 32.9 Å². The van der Waals surface area contributed by atoms with Gasteiger partial charge in [-0.15, -0.1) is 0 Å². The first-order chi connectivity index (χ1) is 9.11. The number of hydrogen-bond acceptors (Lipinski definition) is 4. The van der Waals surface area contributed by atoms with Crippen molar-refractivity contribution in [3.63, 3.8) is 0 Å². The first-order valence-electron chi connectivity index (χ1n) is 6.30. The monoisotopic (exact) mass is 392 g/mol. The summed E-state index contributed by atoms with van der Waals surface area (Å²) in [4.78, 5) is 22.5. The van der Waals surface area contributed by atoms with Crippen LogP contribution < -0.4 is 0 Å². The molecule has 0 atom stereocenters. The van der Waals surface area contributed by atoms with Gasteiger partial charge in [0.2, 0.25) is 0 Å². The molecule has 0 aliphatic rings. The van der Waals surface area contributed by atoms with Gasteiger partial charge in [0, 0.05) is 0 Å². The van der Waals surface area contributed by atoms with Crippen LogP contribution in [0.15, 0.2) is 18.2 Å². The SMILES string of the molecule is CC(=O)OI(OC(C)=O)c1cc(C(C)(C)C)ccc1C. The van der Waals surface area contributed by atoms with Gasteiger partial charge in [-0.25, -0.2) is 0 Å². The molecule has 20 heavy (non-hydrogen) atoms. The summed E-state index contributed by atoms with van der Waals surface area (Å²) in [6, 6.07) is 6.02. The van der Waals surface area contributed by atoms with Crippen LogP contribution in [-0.4, -0.2) is 11.9 Å². The summed E-state index contributed by atoms with van der Waals surface area (Å²) in [6.07, 6.45) is 0. The quantitative estimate of drug-likeness (QED) is 0.732. The van der Waals surface area contributed by atoms with Crippen LogP contribution >= 0.6 is 20.6 Å². The van der Waals surface area contributed by atoms with Crippen LogP contribution in [0.4, 0.5) is 0 Å². The molecule has 0 unspecified atom stereocenters. The molecule has 0 N–H and O–H groups in total. The Kier molecular flexibility index (Phi) is 5.56. The third kappa shape index (κ3) is 4.77. The fraction of sp³-hybridized carbons (Fsp3) is 0.467. The molecule has 0 fully saturated rings. The van der Waals surface area contributed by atoms with E-state index < -0.39 is 32.6 Å². The summed E-state index contributed by atoms with van der Waals surface area (Å²) in [5.74, 6) is -0.839. The zero-order chi connectivity index (χ0) is 15.5. The number of rotatable bonds is 3. The van der Waals surface area contributed by atoms with Gasteiger partial charge in [0.05, 0.1) is 0 Å². The molecule has 1 aromatic rings. The zero-order valence-electron chi connectivity index (χ0n) is 12.7. The third-order valence-corrected chi connectivity index (χ3v) is 6.71. The van der Waals surface area contributed by atoms with E-state index in [1.807, 2.05) is 19.1 Å². The van der Waals surface area contributed by atoms with Gasteiger partial charge >= 0.3 is 128 Å². The van der Waals surface area contributed by atoms with Crippen LogP contribution in [0.1, 0.15) is 45.7 Å². The van der Waals surface area contributed by atoms with E-state index in [4.69, 9.17) is 6.13 Å². The molecule has 0 spiro atoms. The third-order valence-electron chi connectivity index (χ3n) is 2.56. The van der Waals surface area contributed by atoms with Crippen LogP contribution in [0.3, 0.4) is 0 Å². The average Bonchev–Trinajstić information content (AvgIpc) is 2.25. The van der Waals surface area contributed by atoms with Gasteiger partial charge in [-0.05, 0) is 0 Å². The van der Waals surface area contributed by atoms with Crippen molar-refractivity contribution in [3.8, 4) is 0 Å². The Morgan fingerprint density at radius 2 is 1.55 bits per heavy atom. The van der Waals surface area contributed by atoms with Gasteiger partial charge in [0.25, 0.3) is 0 Å². The molecular weight excluding hydrogens is 371 g/mol. The van der Waals surface area contributed by atoms with E-state index in [1.165, 1.54) is 13.8 Å². The maximum atomic E-state index is 11.2. The molecule has 0 radical (unpaired) electrons. The van der Waals surface area contributed by atoms with Gasteiger partial charge < -0.3 is 0 Å². The van der Waals surface area contributed by atoms with Gasteiger partial charge in [-0.1, -0.05) is 0 Å². The fourth-order valence-electron chi connectivity index (χ4n) is 1.52. The molecule has 0 aliphatic carbocycles. The minimum absolute atomic E-state index is 0.0171. The number of halogens is 1. The molecule has 0 aromatic heterocycles. The Labute approximate surface area is 128 Å². The number of carbonyl (C=O) groups excluding carboxylic acids is 2. The Morgan fingerprint density at radius 1 is 1.05 bits per heavy atom. The predicted octanol–water partition coefficient (Wildman–Crippen LogP) is 3.92. The van der Waals surface area contributed by atoms with Crippen molar-refractivity contribution in [2.24, 2.45) is 0 Å². The van der Waals surface area contributed by atoms with E-state index in [0.29, 0.717) is 0 Å². The van der Waals surface area contributed by atoms with Gasteiger partial charge in [-0.3, -0.25) is 0 Å². The topological polar surface area (TPSA) is 52.6 Å². The minimum atomic E-state index is -2.74. The van der Waals surface area contributed by atoms with E-state index >= 15 is 0 Å². The van der Waals surface area contributed by atoms with Crippen molar-refractivity contribution in [1.29, 1.82) is 0 Å². The molecule has 0 aliphatic heterocycles. The summed E-state index contributed by atoms with van der Waals surface area (Å²) in [7, 11) is 0. The summed E-state index contributed by atoms with van der Waals surface area (Å²) >= 11 is -2.74. The van der Waals surface area contributed by atoms with Crippen molar-refractivity contribution >= 4 is 32.6 Å². The molecule has 0 amide bonds. The normalized spacial score (nSPS) is 11.8. The number of aryl methyl sites for hydroxylation is 1. The standard InChI is InChI=1S/C15H21IO4/c1-10-7-8-13(15(4,5)6)9-14(10)16(19-11(2)17)20-12(3)18/h7-9H,1-6H3.